The van der Waals surface area contributed by atoms with E-state index in [2.05, 4.69) is 12.0 Å². The monoisotopic (exact) mass is 295 g/mol. The van der Waals surface area contributed by atoms with E-state index >= 15 is 0 Å². The second-order valence-corrected chi connectivity index (χ2v) is 4.69. The third-order valence-corrected chi connectivity index (χ3v) is 2.94. The number of ether oxygens (including phenoxy) is 1. The summed E-state index contributed by atoms with van der Waals surface area (Å²) in [5.41, 5.74) is 0.432. The van der Waals surface area contributed by atoms with Crippen LogP contribution in [0.2, 0.25) is 5.02 Å². The fourth-order valence-corrected chi connectivity index (χ4v) is 1.93. The number of hydrogen-bond acceptors (Lipinski definition) is 4. The van der Waals surface area contributed by atoms with Crippen molar-refractivity contribution in [1.82, 2.24) is 9.78 Å². The highest BCUT2D eigenvalue weighted by Crippen LogP contribution is 2.24. The summed E-state index contributed by atoms with van der Waals surface area (Å²) in [4.78, 5) is 10.5. The van der Waals surface area contributed by atoms with Crippen molar-refractivity contribution in [1.29, 1.82) is 0 Å². The van der Waals surface area contributed by atoms with Crippen LogP contribution in [0.25, 0.3) is 0 Å². The molecule has 7 heteroatoms. The van der Waals surface area contributed by atoms with Gasteiger partial charge in [0.25, 0.3) is 5.69 Å². The van der Waals surface area contributed by atoms with Gasteiger partial charge in [-0.25, -0.2) is 0 Å². The first kappa shape index (κ1) is 14.3. The molecule has 6 nitrogen and oxygen atoms in total. The molecule has 0 aliphatic rings. The quantitative estimate of drug-likeness (QED) is 0.604. The summed E-state index contributed by atoms with van der Waals surface area (Å²) < 4.78 is 7.29. The van der Waals surface area contributed by atoms with Crippen molar-refractivity contribution in [2.45, 2.75) is 26.5 Å². The van der Waals surface area contributed by atoms with Gasteiger partial charge in [-0.05, 0) is 18.6 Å². The minimum absolute atomic E-state index is 0.0431. The Hall–Kier alpha value is -2.08. The van der Waals surface area contributed by atoms with Crippen LogP contribution in [-0.2, 0) is 13.2 Å². The topological polar surface area (TPSA) is 70.2 Å². The van der Waals surface area contributed by atoms with E-state index in [0.717, 1.165) is 13.0 Å². The standard InChI is InChI=1S/C13H14ClN3O3/c1-2-5-16-8-12(7-15-16)20-9-10-3-4-11(14)6-13(10)17(18)19/h3-4,6-8H,2,5,9H2,1H3. The highest BCUT2D eigenvalue weighted by molar-refractivity contribution is 6.30. The summed E-state index contributed by atoms with van der Waals surface area (Å²) in [7, 11) is 0. The van der Waals surface area contributed by atoms with E-state index in [4.69, 9.17) is 16.3 Å². The zero-order valence-electron chi connectivity index (χ0n) is 11.0. The molecular formula is C13H14ClN3O3. The summed E-state index contributed by atoms with van der Waals surface area (Å²) in [6.45, 7) is 2.97. The second kappa shape index (κ2) is 6.38. The maximum Gasteiger partial charge on any atom is 0.277 e. The Morgan fingerprint density at radius 3 is 3.00 bits per heavy atom. The molecule has 0 unspecified atom stereocenters. The van der Waals surface area contributed by atoms with E-state index in [0.29, 0.717) is 16.3 Å². The molecule has 0 spiro atoms. The van der Waals surface area contributed by atoms with Gasteiger partial charge in [0.1, 0.15) is 6.61 Å². The molecule has 0 amide bonds. The summed E-state index contributed by atoms with van der Waals surface area (Å²) >= 11 is 5.76. The molecule has 0 saturated carbocycles. The van der Waals surface area contributed by atoms with Gasteiger partial charge in [0.2, 0.25) is 0 Å². The molecular weight excluding hydrogens is 282 g/mol. The smallest absolute Gasteiger partial charge is 0.277 e. The number of benzene rings is 1. The number of aromatic nitrogens is 2. The first-order chi connectivity index (χ1) is 9.60. The van der Waals surface area contributed by atoms with E-state index in [1.54, 1.807) is 29.2 Å². The molecule has 20 heavy (non-hydrogen) atoms. The summed E-state index contributed by atoms with van der Waals surface area (Å²) in [6, 6.07) is 4.52. The minimum atomic E-state index is -0.467. The van der Waals surface area contributed by atoms with E-state index in [1.807, 2.05) is 0 Å². The number of nitro groups is 1. The van der Waals surface area contributed by atoms with Gasteiger partial charge in [0.15, 0.2) is 5.75 Å². The molecule has 2 rings (SSSR count). The van der Waals surface area contributed by atoms with Gasteiger partial charge in [-0.2, -0.15) is 5.10 Å². The highest BCUT2D eigenvalue weighted by atomic mass is 35.5. The van der Waals surface area contributed by atoms with E-state index in [-0.39, 0.29) is 12.3 Å². The van der Waals surface area contributed by atoms with Gasteiger partial charge in [-0.15, -0.1) is 0 Å². The van der Waals surface area contributed by atoms with Gasteiger partial charge < -0.3 is 4.74 Å². The number of halogens is 1. The van der Waals surface area contributed by atoms with Gasteiger partial charge in [0.05, 0.1) is 22.9 Å². The number of nitrogens with zero attached hydrogens (tertiary/aromatic N) is 3. The largest absolute Gasteiger partial charge is 0.485 e. The number of rotatable bonds is 6. The predicted octanol–water partition coefficient (Wildman–Crippen LogP) is 3.43. The van der Waals surface area contributed by atoms with E-state index in [1.165, 1.54) is 6.07 Å². The lowest BCUT2D eigenvalue weighted by atomic mass is 10.2. The average molecular weight is 296 g/mol. The van der Waals surface area contributed by atoms with Crippen LogP contribution in [0, 0.1) is 10.1 Å². The first-order valence-corrected chi connectivity index (χ1v) is 6.56. The molecule has 106 valence electrons. The number of hydrogen-bond donors (Lipinski definition) is 0. The van der Waals surface area contributed by atoms with Crippen LogP contribution in [0.15, 0.2) is 30.6 Å². The van der Waals surface area contributed by atoms with Crippen molar-refractivity contribution in [2.75, 3.05) is 0 Å². The normalized spacial score (nSPS) is 10.5. The van der Waals surface area contributed by atoms with Crippen LogP contribution in [0.1, 0.15) is 18.9 Å². The first-order valence-electron chi connectivity index (χ1n) is 6.18. The Labute approximate surface area is 121 Å². The number of aryl methyl sites for hydroxylation is 1. The third-order valence-electron chi connectivity index (χ3n) is 2.70. The molecule has 2 aromatic rings. The van der Waals surface area contributed by atoms with Crippen molar-refractivity contribution in [3.05, 3.63) is 51.3 Å². The molecule has 0 radical (unpaired) electrons. The molecule has 0 atom stereocenters. The lowest BCUT2D eigenvalue weighted by Gasteiger charge is -2.05. The zero-order valence-corrected chi connectivity index (χ0v) is 11.7. The van der Waals surface area contributed by atoms with Crippen LogP contribution in [-0.4, -0.2) is 14.7 Å². The van der Waals surface area contributed by atoms with Gasteiger partial charge in [-0.1, -0.05) is 18.5 Å². The fourth-order valence-electron chi connectivity index (χ4n) is 1.76. The summed E-state index contributed by atoms with van der Waals surface area (Å²) in [6.07, 6.45) is 4.34. The Morgan fingerprint density at radius 1 is 1.50 bits per heavy atom. The van der Waals surface area contributed by atoms with Crippen molar-refractivity contribution in [3.8, 4) is 5.75 Å². The summed E-state index contributed by atoms with van der Waals surface area (Å²) in [5, 5.41) is 15.4. The lowest BCUT2D eigenvalue weighted by Crippen LogP contribution is -2.00. The molecule has 1 aromatic heterocycles. The van der Waals surface area contributed by atoms with Gasteiger partial charge >= 0.3 is 0 Å². The molecule has 1 heterocycles. The van der Waals surface area contributed by atoms with Crippen molar-refractivity contribution >= 4 is 17.3 Å². The molecule has 0 fully saturated rings. The predicted molar refractivity (Wildman–Crippen MR) is 75.0 cm³/mol. The molecule has 0 bridgehead atoms. The number of nitro benzene ring substituents is 1. The van der Waals surface area contributed by atoms with E-state index < -0.39 is 4.92 Å². The van der Waals surface area contributed by atoms with Crippen molar-refractivity contribution < 1.29 is 9.66 Å². The maximum absolute atomic E-state index is 10.9. The molecule has 1 aromatic carbocycles. The Balaban J connectivity index is 2.08. The SMILES string of the molecule is CCCn1cc(OCc2ccc(Cl)cc2[N+](=O)[O-])cn1. The zero-order chi connectivity index (χ0) is 14.5. The van der Waals surface area contributed by atoms with Crippen LogP contribution in [0.4, 0.5) is 5.69 Å². The van der Waals surface area contributed by atoms with Crippen LogP contribution in [0.5, 0.6) is 5.75 Å². The molecule has 0 N–H and O–H groups in total. The van der Waals surface area contributed by atoms with Crippen molar-refractivity contribution in [2.24, 2.45) is 0 Å². The molecule has 0 aliphatic carbocycles. The van der Waals surface area contributed by atoms with Gasteiger partial charge in [0, 0.05) is 17.6 Å². The van der Waals surface area contributed by atoms with Crippen molar-refractivity contribution in [3.63, 3.8) is 0 Å². The average Bonchev–Trinajstić information content (AvgIpc) is 2.85. The van der Waals surface area contributed by atoms with E-state index in [9.17, 15) is 10.1 Å². The second-order valence-electron chi connectivity index (χ2n) is 4.26. The van der Waals surface area contributed by atoms with Crippen LogP contribution >= 0.6 is 11.6 Å². The third kappa shape index (κ3) is 3.48. The fraction of sp³-hybridized carbons (Fsp3) is 0.308. The molecule has 0 saturated heterocycles. The Morgan fingerprint density at radius 2 is 2.30 bits per heavy atom. The van der Waals surface area contributed by atoms with Crippen LogP contribution < -0.4 is 4.74 Å². The van der Waals surface area contributed by atoms with Gasteiger partial charge in [-0.3, -0.25) is 14.8 Å². The minimum Gasteiger partial charge on any atom is -0.485 e. The Bertz CT molecular complexity index is 613. The Kier molecular flexibility index (Phi) is 4.57. The molecule has 0 aliphatic heterocycles. The maximum atomic E-state index is 10.9. The lowest BCUT2D eigenvalue weighted by molar-refractivity contribution is -0.385. The summed E-state index contributed by atoms with van der Waals surface area (Å²) in [5.74, 6) is 0.586. The van der Waals surface area contributed by atoms with Crippen LogP contribution in [0.3, 0.4) is 0 Å². The highest BCUT2D eigenvalue weighted by Gasteiger charge is 2.15.